The van der Waals surface area contributed by atoms with Crippen LogP contribution in [0.4, 0.5) is 10.2 Å². The number of hydrogen-bond donors (Lipinski definition) is 4. The molecule has 0 radical (unpaired) electrons. The first-order chi connectivity index (χ1) is 17.8. The topological polar surface area (TPSA) is 165 Å². The molecule has 0 aliphatic carbocycles. The Morgan fingerprint density at radius 2 is 2.08 bits per heavy atom. The van der Waals surface area contributed by atoms with Gasteiger partial charge in [-0.05, 0) is 31.0 Å². The fourth-order valence-electron chi connectivity index (χ4n) is 4.32. The summed E-state index contributed by atoms with van der Waals surface area (Å²) in [6.45, 7) is -0.0628. The van der Waals surface area contributed by atoms with E-state index in [1.807, 2.05) is 0 Å². The van der Waals surface area contributed by atoms with Gasteiger partial charge in [0.05, 0.1) is 37.6 Å². The van der Waals surface area contributed by atoms with E-state index in [0.717, 1.165) is 6.20 Å². The highest BCUT2D eigenvalue weighted by Gasteiger charge is 2.35. The Kier molecular flexibility index (Phi) is 6.82. The Bertz CT molecular complexity index is 1350. The average Bonchev–Trinajstić information content (AvgIpc) is 2.91. The summed E-state index contributed by atoms with van der Waals surface area (Å²) in [5.74, 6) is -0.901. The Morgan fingerprint density at radius 1 is 1.24 bits per heavy atom. The first kappa shape index (κ1) is 24.7. The normalized spacial score (nSPS) is 20.8. The van der Waals surface area contributed by atoms with Crippen LogP contribution in [0.25, 0.3) is 11.0 Å². The number of methoxy groups -OCH3 is 1. The Hall–Kier alpha value is -3.94. The van der Waals surface area contributed by atoms with Gasteiger partial charge in [-0.1, -0.05) is 0 Å². The molecule has 194 valence electrons. The molecule has 2 amide bonds. The van der Waals surface area contributed by atoms with E-state index in [1.165, 1.54) is 13.2 Å². The Balaban J connectivity index is 1.23. The van der Waals surface area contributed by atoms with Gasteiger partial charge in [0.25, 0.3) is 11.8 Å². The summed E-state index contributed by atoms with van der Waals surface area (Å²) in [6.07, 6.45) is -2.25. The molecule has 0 unspecified atom stereocenters. The number of anilines is 1. The molecule has 37 heavy (non-hydrogen) atoms. The van der Waals surface area contributed by atoms with E-state index >= 15 is 0 Å². The fraction of sp³-hybridized carbons (Fsp3) is 0.375. The molecule has 2 aliphatic rings. The van der Waals surface area contributed by atoms with Gasteiger partial charge in [-0.3, -0.25) is 14.6 Å². The summed E-state index contributed by atoms with van der Waals surface area (Å²) in [5, 5.41) is 27.0. The molecule has 4 N–H and O–H groups in total. The van der Waals surface area contributed by atoms with Crippen LogP contribution >= 0.6 is 0 Å². The number of amides is 2. The van der Waals surface area contributed by atoms with E-state index in [9.17, 15) is 24.2 Å². The lowest BCUT2D eigenvalue weighted by Crippen LogP contribution is -2.47. The first-order valence-electron chi connectivity index (χ1n) is 11.6. The summed E-state index contributed by atoms with van der Waals surface area (Å²) >= 11 is 0. The highest BCUT2D eigenvalue weighted by Crippen LogP contribution is 2.32. The van der Waals surface area contributed by atoms with Crippen molar-refractivity contribution in [3.8, 4) is 11.6 Å². The number of nitrogens with zero attached hydrogens (tertiary/aromatic N) is 3. The third kappa shape index (κ3) is 5.01. The molecule has 0 aromatic carbocycles. The third-order valence-electron chi connectivity index (χ3n) is 6.24. The molecule has 2 aliphatic heterocycles. The second-order valence-electron chi connectivity index (χ2n) is 8.68. The van der Waals surface area contributed by atoms with Gasteiger partial charge in [0.15, 0.2) is 18.2 Å². The van der Waals surface area contributed by atoms with Crippen molar-refractivity contribution in [2.45, 2.75) is 37.2 Å². The first-order valence-corrected chi connectivity index (χ1v) is 11.6. The van der Waals surface area contributed by atoms with Crippen molar-refractivity contribution < 1.29 is 38.4 Å². The van der Waals surface area contributed by atoms with E-state index < -0.39 is 30.0 Å². The maximum atomic E-state index is 14.7. The summed E-state index contributed by atoms with van der Waals surface area (Å²) < 4.78 is 30.7. The van der Waals surface area contributed by atoms with Crippen molar-refractivity contribution in [1.82, 2.24) is 20.3 Å². The molecular weight excluding hydrogens is 489 g/mol. The molecule has 3 aromatic rings. The minimum atomic E-state index is -1.64. The molecule has 5 heterocycles. The summed E-state index contributed by atoms with van der Waals surface area (Å²) in [5.41, 5.74) is 0.291. The number of hydrogen-bond acceptors (Lipinski definition) is 10. The van der Waals surface area contributed by atoms with Crippen molar-refractivity contribution >= 4 is 28.7 Å². The number of carbonyl (C=O) groups is 2. The molecule has 3 aromatic heterocycles. The highest BCUT2D eigenvalue weighted by atomic mass is 19.1. The van der Waals surface area contributed by atoms with E-state index in [-0.39, 0.29) is 60.1 Å². The van der Waals surface area contributed by atoms with Crippen LogP contribution < -0.4 is 20.1 Å². The molecule has 0 saturated carbocycles. The number of fused-ring (bicyclic) bond motifs is 2. The standard InChI is InChI=1S/C24H24FN5O7/c1-35-18-7-4-13-20(30-18)19(12(25)8-26-13)22(33)21(32)15-5-2-11(9-36-15)27-24(34)14-3-6-16-23(28-14)29-17(31)10-37-16/h3-4,6-8,11,15,21-22,32-33H,2,5,9-10H2,1H3,(H,27,34)(H,28,29,31)/t11-,15+,21-,22-/m1/s1. The number of aliphatic hydroxyl groups excluding tert-OH is 2. The number of ether oxygens (including phenoxy) is 3. The van der Waals surface area contributed by atoms with Crippen molar-refractivity contribution in [3.05, 3.63) is 47.5 Å². The van der Waals surface area contributed by atoms with E-state index in [0.29, 0.717) is 17.7 Å². The zero-order valence-corrected chi connectivity index (χ0v) is 19.7. The quantitative estimate of drug-likeness (QED) is 0.372. The molecule has 0 bridgehead atoms. The summed E-state index contributed by atoms with van der Waals surface area (Å²) in [6, 6.07) is 5.78. The van der Waals surface area contributed by atoms with E-state index in [1.54, 1.807) is 18.2 Å². The second kappa shape index (κ2) is 10.2. The minimum Gasteiger partial charge on any atom is -0.481 e. The maximum Gasteiger partial charge on any atom is 0.270 e. The monoisotopic (exact) mass is 513 g/mol. The van der Waals surface area contributed by atoms with Crippen LogP contribution in [0.15, 0.2) is 30.5 Å². The third-order valence-corrected chi connectivity index (χ3v) is 6.24. The Labute approximate surface area is 209 Å². The maximum absolute atomic E-state index is 14.7. The molecule has 4 atom stereocenters. The molecule has 1 saturated heterocycles. The average molecular weight is 513 g/mol. The van der Waals surface area contributed by atoms with Crippen molar-refractivity contribution in [1.29, 1.82) is 0 Å². The van der Waals surface area contributed by atoms with Crippen LogP contribution in [0.1, 0.15) is 35.0 Å². The van der Waals surface area contributed by atoms with Gasteiger partial charge in [0.1, 0.15) is 29.2 Å². The zero-order valence-electron chi connectivity index (χ0n) is 19.7. The van der Waals surface area contributed by atoms with Crippen LogP contribution in [0.2, 0.25) is 0 Å². The lowest BCUT2D eigenvalue weighted by molar-refractivity contribution is -0.118. The minimum absolute atomic E-state index is 0.0522. The van der Waals surface area contributed by atoms with Crippen LogP contribution in [0, 0.1) is 5.82 Å². The number of aliphatic hydroxyl groups is 2. The van der Waals surface area contributed by atoms with Crippen molar-refractivity contribution in [3.63, 3.8) is 0 Å². The lowest BCUT2D eigenvalue weighted by atomic mass is 9.94. The number of rotatable bonds is 6. The number of aromatic nitrogens is 3. The predicted molar refractivity (Wildman–Crippen MR) is 126 cm³/mol. The van der Waals surface area contributed by atoms with Gasteiger partial charge >= 0.3 is 0 Å². The second-order valence-corrected chi connectivity index (χ2v) is 8.68. The largest absolute Gasteiger partial charge is 0.481 e. The van der Waals surface area contributed by atoms with Gasteiger partial charge in [0, 0.05) is 11.6 Å². The number of halogens is 1. The molecule has 12 nitrogen and oxygen atoms in total. The molecular formula is C24H24FN5O7. The van der Waals surface area contributed by atoms with Crippen LogP contribution in [-0.4, -0.2) is 75.6 Å². The summed E-state index contributed by atoms with van der Waals surface area (Å²) in [7, 11) is 1.41. The van der Waals surface area contributed by atoms with E-state index in [2.05, 4.69) is 25.6 Å². The van der Waals surface area contributed by atoms with Crippen LogP contribution in [0.3, 0.4) is 0 Å². The highest BCUT2D eigenvalue weighted by molar-refractivity contribution is 5.97. The molecule has 1 fully saturated rings. The van der Waals surface area contributed by atoms with Crippen molar-refractivity contribution in [2.75, 3.05) is 25.6 Å². The summed E-state index contributed by atoms with van der Waals surface area (Å²) in [4.78, 5) is 36.5. The smallest absolute Gasteiger partial charge is 0.270 e. The molecule has 13 heteroatoms. The Morgan fingerprint density at radius 3 is 2.84 bits per heavy atom. The number of nitrogens with one attached hydrogen (secondary N) is 2. The van der Waals surface area contributed by atoms with Crippen molar-refractivity contribution in [2.24, 2.45) is 0 Å². The van der Waals surface area contributed by atoms with Gasteiger partial charge in [-0.25, -0.2) is 14.4 Å². The number of carbonyl (C=O) groups excluding carboxylic acids is 2. The van der Waals surface area contributed by atoms with Gasteiger partial charge in [-0.15, -0.1) is 0 Å². The molecule has 0 spiro atoms. The van der Waals surface area contributed by atoms with Crippen LogP contribution in [0.5, 0.6) is 11.6 Å². The SMILES string of the molecule is COc1ccc2ncc(F)c([C@@H](O)[C@H](O)[C@@H]3CC[C@@H](NC(=O)c4ccc5c(n4)NC(=O)CO5)CO3)c2n1. The predicted octanol–water partition coefficient (Wildman–Crippen LogP) is 0.875. The number of pyridine rings is 3. The zero-order chi connectivity index (χ0) is 26.1. The van der Waals surface area contributed by atoms with Gasteiger partial charge in [0.2, 0.25) is 5.88 Å². The van der Waals surface area contributed by atoms with Gasteiger partial charge < -0.3 is 35.1 Å². The molecule has 5 rings (SSSR count). The van der Waals surface area contributed by atoms with Gasteiger partial charge in [-0.2, -0.15) is 0 Å². The van der Waals surface area contributed by atoms with Crippen LogP contribution in [-0.2, 0) is 9.53 Å². The fourth-order valence-corrected chi connectivity index (χ4v) is 4.32. The van der Waals surface area contributed by atoms with E-state index in [4.69, 9.17) is 14.2 Å². The lowest BCUT2D eigenvalue weighted by Gasteiger charge is -2.34.